The summed E-state index contributed by atoms with van der Waals surface area (Å²) >= 11 is 0. The van der Waals surface area contributed by atoms with E-state index in [2.05, 4.69) is 16.5 Å². The molecule has 2 rings (SSSR count). The summed E-state index contributed by atoms with van der Waals surface area (Å²) in [5, 5.41) is 10.1. The summed E-state index contributed by atoms with van der Waals surface area (Å²) in [4.78, 5) is 4.11. The van der Waals surface area contributed by atoms with Crippen LogP contribution in [0.4, 0.5) is 0 Å². The first kappa shape index (κ1) is 9.71. The van der Waals surface area contributed by atoms with Crippen molar-refractivity contribution in [1.82, 2.24) is 9.55 Å². The second kappa shape index (κ2) is 4.13. The fourth-order valence-electron chi connectivity index (χ4n) is 2.00. The van der Waals surface area contributed by atoms with E-state index >= 15 is 0 Å². The van der Waals surface area contributed by atoms with Gasteiger partial charge in [0.2, 0.25) is 0 Å². The third kappa shape index (κ3) is 1.69. The van der Waals surface area contributed by atoms with Crippen LogP contribution in [-0.4, -0.2) is 14.7 Å². The molecule has 0 amide bonds. The molecule has 0 aliphatic heterocycles. The number of imidazole rings is 1. The summed E-state index contributed by atoms with van der Waals surface area (Å²) in [6, 6.07) is 0. The third-order valence-corrected chi connectivity index (χ3v) is 3.11. The summed E-state index contributed by atoms with van der Waals surface area (Å²) in [5.74, 6) is 0.474. The standard InChI is InChI=1S/C11H18N2O/c1-2-6-13-8-12-7-10(13)11(14)9-4-3-5-9/h7-9,11,14H,2-6H2,1H3. The molecule has 1 fully saturated rings. The second-order valence-electron chi connectivity index (χ2n) is 4.15. The summed E-state index contributed by atoms with van der Waals surface area (Å²) in [5.41, 5.74) is 0.997. The van der Waals surface area contributed by atoms with Gasteiger partial charge in [-0.1, -0.05) is 13.3 Å². The fourth-order valence-corrected chi connectivity index (χ4v) is 2.00. The first-order chi connectivity index (χ1) is 6.83. The molecular weight excluding hydrogens is 176 g/mol. The molecule has 1 N–H and O–H groups in total. The van der Waals surface area contributed by atoms with Crippen LogP contribution in [0.25, 0.3) is 0 Å². The van der Waals surface area contributed by atoms with Crippen LogP contribution in [0.5, 0.6) is 0 Å². The summed E-state index contributed by atoms with van der Waals surface area (Å²) in [7, 11) is 0. The topological polar surface area (TPSA) is 38.0 Å². The van der Waals surface area contributed by atoms with E-state index < -0.39 is 0 Å². The van der Waals surface area contributed by atoms with Gasteiger partial charge >= 0.3 is 0 Å². The van der Waals surface area contributed by atoms with E-state index in [-0.39, 0.29) is 6.10 Å². The molecule has 0 radical (unpaired) electrons. The average Bonchev–Trinajstić information content (AvgIpc) is 2.49. The van der Waals surface area contributed by atoms with Crippen LogP contribution in [0.15, 0.2) is 12.5 Å². The van der Waals surface area contributed by atoms with E-state index in [1.165, 1.54) is 19.3 Å². The van der Waals surface area contributed by atoms with Gasteiger partial charge in [-0.15, -0.1) is 0 Å². The summed E-state index contributed by atoms with van der Waals surface area (Å²) in [6.07, 6.45) is 8.01. The van der Waals surface area contributed by atoms with Crippen molar-refractivity contribution in [3.8, 4) is 0 Å². The van der Waals surface area contributed by atoms with Crippen LogP contribution in [0.1, 0.15) is 44.4 Å². The molecule has 14 heavy (non-hydrogen) atoms. The van der Waals surface area contributed by atoms with Crippen molar-refractivity contribution in [1.29, 1.82) is 0 Å². The van der Waals surface area contributed by atoms with Gasteiger partial charge < -0.3 is 9.67 Å². The van der Waals surface area contributed by atoms with E-state index in [4.69, 9.17) is 0 Å². The van der Waals surface area contributed by atoms with Crippen LogP contribution in [-0.2, 0) is 6.54 Å². The molecule has 78 valence electrons. The molecule has 1 atom stereocenters. The van der Waals surface area contributed by atoms with Gasteiger partial charge in [-0.05, 0) is 25.2 Å². The van der Waals surface area contributed by atoms with Gasteiger partial charge in [-0.25, -0.2) is 4.98 Å². The Kier molecular flexibility index (Phi) is 2.87. The monoisotopic (exact) mass is 194 g/mol. The molecule has 0 bridgehead atoms. The molecule has 0 spiro atoms. The number of aromatic nitrogens is 2. The lowest BCUT2D eigenvalue weighted by atomic mass is 9.80. The maximum absolute atomic E-state index is 10.1. The highest BCUT2D eigenvalue weighted by atomic mass is 16.3. The molecule has 1 unspecified atom stereocenters. The lowest BCUT2D eigenvalue weighted by molar-refractivity contribution is 0.0556. The Hall–Kier alpha value is -0.830. The van der Waals surface area contributed by atoms with E-state index in [9.17, 15) is 5.11 Å². The van der Waals surface area contributed by atoms with Gasteiger partial charge in [0.15, 0.2) is 0 Å². The lowest BCUT2D eigenvalue weighted by Gasteiger charge is -2.30. The van der Waals surface area contributed by atoms with Gasteiger partial charge in [0.05, 0.1) is 24.3 Å². The van der Waals surface area contributed by atoms with Crippen LogP contribution >= 0.6 is 0 Å². The Morgan fingerprint density at radius 2 is 2.43 bits per heavy atom. The highest BCUT2D eigenvalue weighted by Crippen LogP contribution is 2.37. The number of aliphatic hydroxyl groups is 1. The fraction of sp³-hybridized carbons (Fsp3) is 0.727. The molecule has 1 aliphatic carbocycles. The lowest BCUT2D eigenvalue weighted by Crippen LogP contribution is -2.22. The number of rotatable bonds is 4. The highest BCUT2D eigenvalue weighted by Gasteiger charge is 2.28. The highest BCUT2D eigenvalue weighted by molar-refractivity contribution is 5.05. The van der Waals surface area contributed by atoms with Crippen molar-refractivity contribution in [3.05, 3.63) is 18.2 Å². The van der Waals surface area contributed by atoms with Crippen molar-refractivity contribution in [3.63, 3.8) is 0 Å². The average molecular weight is 194 g/mol. The second-order valence-corrected chi connectivity index (χ2v) is 4.15. The maximum atomic E-state index is 10.1. The smallest absolute Gasteiger partial charge is 0.0983 e. The maximum Gasteiger partial charge on any atom is 0.0983 e. The van der Waals surface area contributed by atoms with E-state index in [0.717, 1.165) is 18.7 Å². The molecule has 1 heterocycles. The van der Waals surface area contributed by atoms with Crippen LogP contribution < -0.4 is 0 Å². The van der Waals surface area contributed by atoms with Crippen LogP contribution in [0.3, 0.4) is 0 Å². The minimum absolute atomic E-state index is 0.294. The summed E-state index contributed by atoms with van der Waals surface area (Å²) < 4.78 is 2.07. The zero-order valence-electron chi connectivity index (χ0n) is 8.69. The van der Waals surface area contributed by atoms with Crippen molar-refractivity contribution >= 4 is 0 Å². The molecule has 1 saturated carbocycles. The van der Waals surface area contributed by atoms with Gasteiger partial charge in [-0.3, -0.25) is 0 Å². The Morgan fingerprint density at radius 1 is 1.64 bits per heavy atom. The number of nitrogens with zero attached hydrogens (tertiary/aromatic N) is 2. The Labute approximate surface area is 84.8 Å². The molecule has 1 aliphatic rings. The van der Waals surface area contributed by atoms with Crippen molar-refractivity contribution in [2.75, 3.05) is 0 Å². The molecule has 0 aromatic carbocycles. The van der Waals surface area contributed by atoms with Crippen molar-refractivity contribution in [2.45, 2.75) is 45.3 Å². The Bertz CT molecular complexity index is 291. The summed E-state index contributed by atoms with van der Waals surface area (Å²) in [6.45, 7) is 3.10. The normalized spacial score (nSPS) is 19.3. The third-order valence-electron chi connectivity index (χ3n) is 3.11. The quantitative estimate of drug-likeness (QED) is 0.797. The van der Waals surface area contributed by atoms with Gasteiger partial charge in [-0.2, -0.15) is 0 Å². The van der Waals surface area contributed by atoms with E-state index in [0.29, 0.717) is 5.92 Å². The van der Waals surface area contributed by atoms with Crippen molar-refractivity contribution < 1.29 is 5.11 Å². The first-order valence-electron chi connectivity index (χ1n) is 5.51. The van der Waals surface area contributed by atoms with E-state index in [1.807, 2.05) is 6.33 Å². The minimum atomic E-state index is -0.294. The van der Waals surface area contributed by atoms with Gasteiger partial charge in [0.25, 0.3) is 0 Å². The molecule has 1 aromatic heterocycles. The number of hydrogen-bond acceptors (Lipinski definition) is 2. The number of hydrogen-bond donors (Lipinski definition) is 1. The molecule has 0 saturated heterocycles. The first-order valence-corrected chi connectivity index (χ1v) is 5.51. The number of aliphatic hydroxyl groups excluding tert-OH is 1. The predicted octanol–water partition coefficient (Wildman–Crippen LogP) is 2.13. The van der Waals surface area contributed by atoms with Crippen LogP contribution in [0.2, 0.25) is 0 Å². The largest absolute Gasteiger partial charge is 0.387 e. The minimum Gasteiger partial charge on any atom is -0.387 e. The SMILES string of the molecule is CCCn1cncc1C(O)C1CCC1. The molecule has 1 aromatic rings. The Morgan fingerprint density at radius 3 is 3.00 bits per heavy atom. The zero-order chi connectivity index (χ0) is 9.97. The van der Waals surface area contributed by atoms with E-state index in [1.54, 1.807) is 6.20 Å². The number of aryl methyl sites for hydroxylation is 1. The zero-order valence-corrected chi connectivity index (χ0v) is 8.69. The van der Waals surface area contributed by atoms with Crippen LogP contribution in [0, 0.1) is 5.92 Å². The molecule has 3 nitrogen and oxygen atoms in total. The molecule has 3 heteroatoms. The van der Waals surface area contributed by atoms with Crippen molar-refractivity contribution in [2.24, 2.45) is 5.92 Å². The van der Waals surface area contributed by atoms with Gasteiger partial charge in [0.1, 0.15) is 0 Å². The predicted molar refractivity (Wildman–Crippen MR) is 54.8 cm³/mol. The Balaban J connectivity index is 2.09. The molecular formula is C11H18N2O. The van der Waals surface area contributed by atoms with Gasteiger partial charge in [0, 0.05) is 6.54 Å².